The van der Waals surface area contributed by atoms with Crippen LogP contribution >= 0.6 is 0 Å². The van der Waals surface area contributed by atoms with Crippen LogP contribution < -0.4 is 32.5 Å². The summed E-state index contributed by atoms with van der Waals surface area (Å²) in [5, 5.41) is -0.0623. The fraction of sp³-hybridized carbons (Fsp3) is 0.600. The third kappa shape index (κ3) is 3.55. The van der Waals surface area contributed by atoms with E-state index in [0.29, 0.717) is 11.3 Å². The Hall–Kier alpha value is -2.66. The quantitative estimate of drug-likeness (QED) is 0.603. The number of methoxy groups -OCH3 is 1. The number of alkyl halides is 1. The summed E-state index contributed by atoms with van der Waals surface area (Å²) in [7, 11) is 1.33. The van der Waals surface area contributed by atoms with Gasteiger partial charge >= 0.3 is 5.69 Å². The highest BCUT2D eigenvalue weighted by Gasteiger charge is 2.40. The SMILES string of the molecule is CCOC[C@H](N)[C@H]1CN(c2c(F)cc3c(=O)n(N)c(=O)n(C4CC4)c3c2OC)C[C@H]1F. The Kier molecular flexibility index (Phi) is 5.65. The minimum Gasteiger partial charge on any atom is -0.492 e. The van der Waals surface area contributed by atoms with Crippen molar-refractivity contribution >= 4 is 16.6 Å². The number of fused-ring (bicyclic) bond motifs is 1. The summed E-state index contributed by atoms with van der Waals surface area (Å²) < 4.78 is 42.8. The maximum atomic E-state index is 15.3. The van der Waals surface area contributed by atoms with E-state index in [1.807, 2.05) is 6.92 Å². The zero-order chi connectivity index (χ0) is 22.4. The molecule has 0 amide bonds. The normalized spacial score (nSPS) is 22.3. The van der Waals surface area contributed by atoms with E-state index in [2.05, 4.69) is 0 Å². The third-order valence-electron chi connectivity index (χ3n) is 6.07. The second kappa shape index (κ2) is 8.12. The monoisotopic (exact) mass is 439 g/mol. The lowest BCUT2D eigenvalue weighted by atomic mass is 9.99. The first-order valence-corrected chi connectivity index (χ1v) is 10.3. The summed E-state index contributed by atoms with van der Waals surface area (Å²) in [4.78, 5) is 26.8. The van der Waals surface area contributed by atoms with Crippen LogP contribution in [0, 0.1) is 11.7 Å². The highest BCUT2D eigenvalue weighted by molar-refractivity contribution is 5.91. The second-order valence-electron chi connectivity index (χ2n) is 8.10. The van der Waals surface area contributed by atoms with Crippen LogP contribution in [-0.2, 0) is 4.74 Å². The number of nitrogens with zero attached hydrogens (tertiary/aromatic N) is 3. The maximum Gasteiger partial charge on any atom is 0.350 e. The number of ether oxygens (including phenoxy) is 2. The number of halogens is 2. The molecule has 4 rings (SSSR count). The molecule has 2 fully saturated rings. The van der Waals surface area contributed by atoms with Crippen LogP contribution in [0.25, 0.3) is 10.9 Å². The van der Waals surface area contributed by atoms with Crippen LogP contribution in [0.5, 0.6) is 5.75 Å². The largest absolute Gasteiger partial charge is 0.492 e. The second-order valence-corrected chi connectivity index (χ2v) is 8.10. The van der Waals surface area contributed by atoms with Crippen molar-refractivity contribution < 1.29 is 18.3 Å². The first-order valence-electron chi connectivity index (χ1n) is 10.3. The zero-order valence-corrected chi connectivity index (χ0v) is 17.5. The van der Waals surface area contributed by atoms with Gasteiger partial charge in [0, 0.05) is 37.7 Å². The fourth-order valence-electron chi connectivity index (χ4n) is 4.35. The van der Waals surface area contributed by atoms with Gasteiger partial charge < -0.3 is 25.9 Å². The minimum absolute atomic E-state index is 0.00623. The molecule has 4 N–H and O–H groups in total. The molecule has 1 saturated carbocycles. The first kappa shape index (κ1) is 21.6. The van der Waals surface area contributed by atoms with Crippen molar-refractivity contribution in [3.05, 3.63) is 32.7 Å². The van der Waals surface area contributed by atoms with Gasteiger partial charge in [-0.2, -0.15) is 4.68 Å². The Morgan fingerprint density at radius 2 is 2.00 bits per heavy atom. The number of anilines is 1. The number of benzene rings is 1. The lowest BCUT2D eigenvalue weighted by Crippen LogP contribution is -2.44. The van der Waals surface area contributed by atoms with E-state index >= 15 is 4.39 Å². The van der Waals surface area contributed by atoms with E-state index in [-0.39, 0.29) is 48.1 Å². The van der Waals surface area contributed by atoms with Crippen molar-refractivity contribution in [2.45, 2.75) is 38.0 Å². The molecular formula is C20H27F2N5O4. The highest BCUT2D eigenvalue weighted by Crippen LogP contribution is 2.43. The Morgan fingerprint density at radius 1 is 1.29 bits per heavy atom. The Balaban J connectivity index is 1.85. The van der Waals surface area contributed by atoms with Gasteiger partial charge in [-0.25, -0.2) is 13.6 Å². The molecule has 0 unspecified atom stereocenters. The molecule has 0 bridgehead atoms. The van der Waals surface area contributed by atoms with Gasteiger partial charge in [-0.1, -0.05) is 0 Å². The van der Waals surface area contributed by atoms with E-state index in [4.69, 9.17) is 21.1 Å². The van der Waals surface area contributed by atoms with Gasteiger partial charge in [0.1, 0.15) is 17.4 Å². The van der Waals surface area contributed by atoms with Crippen LogP contribution in [0.2, 0.25) is 0 Å². The molecule has 1 saturated heterocycles. The standard InChI is InChI=1S/C20H27F2N5O4/c1-3-31-9-15(23)12-7-25(8-14(12)22)17-13(21)6-11-16(18(17)30-2)26(10-4-5-10)20(29)27(24)19(11)28/h6,10,12,14-15H,3-5,7-9,23-24H2,1-2H3/t12-,14+,15-/m0/s1. The zero-order valence-electron chi connectivity index (χ0n) is 17.5. The van der Waals surface area contributed by atoms with Crippen molar-refractivity contribution in [1.29, 1.82) is 0 Å². The van der Waals surface area contributed by atoms with E-state index < -0.39 is 35.2 Å². The predicted molar refractivity (Wildman–Crippen MR) is 112 cm³/mol. The van der Waals surface area contributed by atoms with Crippen LogP contribution in [0.3, 0.4) is 0 Å². The smallest absolute Gasteiger partial charge is 0.350 e. The van der Waals surface area contributed by atoms with Crippen LogP contribution in [0.1, 0.15) is 25.8 Å². The van der Waals surface area contributed by atoms with Gasteiger partial charge in [0.25, 0.3) is 5.56 Å². The molecule has 11 heteroatoms. The van der Waals surface area contributed by atoms with Crippen molar-refractivity contribution in [2.75, 3.05) is 44.2 Å². The van der Waals surface area contributed by atoms with Gasteiger partial charge in [-0.05, 0) is 25.8 Å². The predicted octanol–water partition coefficient (Wildman–Crippen LogP) is 0.498. The van der Waals surface area contributed by atoms with Crippen LogP contribution in [0.15, 0.2) is 15.7 Å². The maximum absolute atomic E-state index is 15.3. The molecule has 0 spiro atoms. The van der Waals surface area contributed by atoms with Gasteiger partial charge in [0.05, 0.1) is 19.1 Å². The molecular weight excluding hydrogens is 412 g/mol. The summed E-state index contributed by atoms with van der Waals surface area (Å²) >= 11 is 0. The number of rotatable bonds is 7. The first-order chi connectivity index (χ1) is 14.8. The lowest BCUT2D eigenvalue weighted by molar-refractivity contribution is 0.105. The van der Waals surface area contributed by atoms with E-state index in [9.17, 15) is 14.0 Å². The summed E-state index contributed by atoms with van der Waals surface area (Å²) in [6.45, 7) is 2.54. The van der Waals surface area contributed by atoms with Gasteiger partial charge in [-0.3, -0.25) is 9.36 Å². The van der Waals surface area contributed by atoms with Crippen LogP contribution in [-0.4, -0.2) is 54.9 Å². The minimum atomic E-state index is -1.29. The fourth-order valence-corrected chi connectivity index (χ4v) is 4.35. The summed E-state index contributed by atoms with van der Waals surface area (Å²) in [6.07, 6.45) is 0.166. The Morgan fingerprint density at radius 3 is 2.61 bits per heavy atom. The number of nitrogens with two attached hydrogens (primary N) is 2. The molecule has 2 aliphatic rings. The molecule has 1 aromatic heterocycles. The Bertz CT molecular complexity index is 1110. The van der Waals surface area contributed by atoms with E-state index in [1.54, 1.807) is 0 Å². The number of hydrogen-bond acceptors (Lipinski definition) is 7. The van der Waals surface area contributed by atoms with Crippen molar-refractivity contribution in [3.63, 3.8) is 0 Å². The molecule has 0 radical (unpaired) electrons. The topological polar surface area (TPSA) is 118 Å². The van der Waals surface area contributed by atoms with Crippen molar-refractivity contribution in [3.8, 4) is 5.75 Å². The van der Waals surface area contributed by atoms with Crippen molar-refractivity contribution in [1.82, 2.24) is 9.24 Å². The van der Waals surface area contributed by atoms with Gasteiger partial charge in [0.2, 0.25) is 0 Å². The molecule has 1 aliphatic carbocycles. The van der Waals surface area contributed by atoms with E-state index in [0.717, 1.165) is 18.9 Å². The number of aromatic nitrogens is 2. The summed E-state index contributed by atoms with van der Waals surface area (Å²) in [5.41, 5.74) is 4.77. The van der Waals surface area contributed by atoms with Crippen molar-refractivity contribution in [2.24, 2.45) is 11.7 Å². The van der Waals surface area contributed by atoms with E-state index in [1.165, 1.54) is 16.6 Å². The highest BCUT2D eigenvalue weighted by atomic mass is 19.1. The van der Waals surface area contributed by atoms with Gasteiger partial charge in [-0.15, -0.1) is 0 Å². The summed E-state index contributed by atoms with van der Waals surface area (Å²) in [6, 6.07) is 0.332. The summed E-state index contributed by atoms with van der Waals surface area (Å²) in [5.74, 6) is 4.35. The number of hydrogen-bond donors (Lipinski definition) is 2. The molecule has 1 aromatic carbocycles. The van der Waals surface area contributed by atoms with Crippen LogP contribution in [0.4, 0.5) is 14.5 Å². The average Bonchev–Trinajstić information content (AvgIpc) is 3.51. The number of nitrogen functional groups attached to an aromatic ring is 1. The van der Waals surface area contributed by atoms with Gasteiger partial charge in [0.15, 0.2) is 11.6 Å². The third-order valence-corrected chi connectivity index (χ3v) is 6.07. The molecule has 2 aromatic rings. The molecule has 9 nitrogen and oxygen atoms in total. The Labute approximate surface area is 177 Å². The molecule has 31 heavy (non-hydrogen) atoms. The lowest BCUT2D eigenvalue weighted by Gasteiger charge is -2.25. The molecule has 2 heterocycles. The average molecular weight is 439 g/mol. The molecule has 170 valence electrons. The molecule has 3 atom stereocenters. The molecule has 1 aliphatic heterocycles.